The zero-order valence-corrected chi connectivity index (χ0v) is 19.7. The standard InChI is InChI=1S/C25H22ClN5OS/c1-15-11-13-17(14-12-15)21-22(24(32)27-20-10-6-9-19(26)16(20)2)33-25-29-28-23(31(25)30-21)18-7-4-3-5-8-18/h3-14,21-22,30H,1-2H3,(H,27,32)/t21-,22+/m1/s1. The number of hydrogen-bond acceptors (Lipinski definition) is 5. The number of benzene rings is 3. The Balaban J connectivity index is 1.52. The van der Waals surface area contributed by atoms with Gasteiger partial charge in [0, 0.05) is 16.3 Å². The molecule has 1 amide bonds. The van der Waals surface area contributed by atoms with E-state index in [0.717, 1.165) is 22.3 Å². The number of rotatable bonds is 4. The lowest BCUT2D eigenvalue weighted by Gasteiger charge is -2.33. The molecule has 4 aromatic rings. The summed E-state index contributed by atoms with van der Waals surface area (Å²) in [6.45, 7) is 3.94. The number of anilines is 1. The molecule has 2 N–H and O–H groups in total. The van der Waals surface area contributed by atoms with Crippen LogP contribution in [0.4, 0.5) is 5.69 Å². The van der Waals surface area contributed by atoms with Crippen molar-refractivity contribution in [3.05, 3.63) is 94.5 Å². The van der Waals surface area contributed by atoms with Crippen LogP contribution in [0.1, 0.15) is 22.7 Å². The number of amides is 1. The van der Waals surface area contributed by atoms with Crippen LogP contribution < -0.4 is 10.7 Å². The average Bonchev–Trinajstić information content (AvgIpc) is 3.25. The molecule has 0 spiro atoms. The van der Waals surface area contributed by atoms with Crippen molar-refractivity contribution in [2.45, 2.75) is 30.3 Å². The zero-order chi connectivity index (χ0) is 22.9. The minimum atomic E-state index is -0.466. The highest BCUT2D eigenvalue weighted by Crippen LogP contribution is 2.39. The highest BCUT2D eigenvalue weighted by Gasteiger charge is 2.38. The van der Waals surface area contributed by atoms with Crippen LogP contribution in [0.2, 0.25) is 5.02 Å². The van der Waals surface area contributed by atoms with Crippen LogP contribution in [-0.4, -0.2) is 26.0 Å². The van der Waals surface area contributed by atoms with E-state index in [1.807, 2.05) is 67.1 Å². The summed E-state index contributed by atoms with van der Waals surface area (Å²) in [5.74, 6) is 0.582. The summed E-state index contributed by atoms with van der Waals surface area (Å²) in [5, 5.41) is 12.6. The molecular formula is C25H22ClN5OS. The van der Waals surface area contributed by atoms with E-state index in [9.17, 15) is 4.79 Å². The Kier molecular flexibility index (Phi) is 5.83. The smallest absolute Gasteiger partial charge is 0.240 e. The molecule has 0 bridgehead atoms. The number of nitrogens with zero attached hydrogens (tertiary/aromatic N) is 3. The van der Waals surface area contributed by atoms with E-state index in [4.69, 9.17) is 11.6 Å². The molecule has 1 aliphatic rings. The van der Waals surface area contributed by atoms with E-state index in [1.54, 1.807) is 0 Å². The number of carbonyl (C=O) groups is 1. The topological polar surface area (TPSA) is 71.8 Å². The number of nitrogens with one attached hydrogen (secondary N) is 2. The van der Waals surface area contributed by atoms with Crippen LogP contribution >= 0.6 is 23.4 Å². The van der Waals surface area contributed by atoms with Gasteiger partial charge in [-0.25, -0.2) is 4.68 Å². The van der Waals surface area contributed by atoms with Crippen LogP contribution in [0, 0.1) is 13.8 Å². The molecule has 1 aliphatic heterocycles. The van der Waals surface area contributed by atoms with Crippen molar-refractivity contribution in [1.82, 2.24) is 14.9 Å². The van der Waals surface area contributed by atoms with Gasteiger partial charge in [0.05, 0.1) is 6.04 Å². The second kappa shape index (κ2) is 8.92. The molecule has 166 valence electrons. The number of hydrogen-bond donors (Lipinski definition) is 2. The summed E-state index contributed by atoms with van der Waals surface area (Å²) in [5.41, 5.74) is 8.16. The first kappa shape index (κ1) is 21.6. The van der Waals surface area contributed by atoms with E-state index in [0.29, 0.717) is 21.7 Å². The Labute approximate surface area is 201 Å². The summed E-state index contributed by atoms with van der Waals surface area (Å²) in [6.07, 6.45) is 0. The van der Waals surface area contributed by atoms with Crippen LogP contribution in [0.15, 0.2) is 78.0 Å². The maximum Gasteiger partial charge on any atom is 0.240 e. The van der Waals surface area contributed by atoms with Gasteiger partial charge in [-0.1, -0.05) is 89.6 Å². The molecule has 0 saturated heterocycles. The summed E-state index contributed by atoms with van der Waals surface area (Å²) in [7, 11) is 0. The van der Waals surface area contributed by atoms with E-state index in [1.165, 1.54) is 11.8 Å². The molecule has 33 heavy (non-hydrogen) atoms. The predicted octanol–water partition coefficient (Wildman–Crippen LogP) is 5.61. The van der Waals surface area contributed by atoms with Crippen molar-refractivity contribution in [3.8, 4) is 11.4 Å². The second-order valence-electron chi connectivity index (χ2n) is 7.97. The highest BCUT2D eigenvalue weighted by atomic mass is 35.5. The van der Waals surface area contributed by atoms with E-state index >= 15 is 0 Å². The summed E-state index contributed by atoms with van der Waals surface area (Å²) in [6, 6.07) is 23.3. The Morgan fingerprint density at radius 2 is 1.76 bits per heavy atom. The fraction of sp³-hybridized carbons (Fsp3) is 0.160. The van der Waals surface area contributed by atoms with Gasteiger partial charge < -0.3 is 10.7 Å². The summed E-state index contributed by atoms with van der Waals surface area (Å²) in [4.78, 5) is 13.5. The molecule has 0 saturated carbocycles. The van der Waals surface area contributed by atoms with Gasteiger partial charge >= 0.3 is 0 Å². The third kappa shape index (κ3) is 4.21. The van der Waals surface area contributed by atoms with Gasteiger partial charge in [-0.2, -0.15) is 0 Å². The minimum Gasteiger partial charge on any atom is -0.325 e. The maximum atomic E-state index is 13.5. The van der Waals surface area contributed by atoms with Crippen molar-refractivity contribution < 1.29 is 4.79 Å². The fourth-order valence-electron chi connectivity index (χ4n) is 3.80. The third-order valence-electron chi connectivity index (χ3n) is 5.69. The lowest BCUT2D eigenvalue weighted by molar-refractivity contribution is -0.116. The second-order valence-corrected chi connectivity index (χ2v) is 9.48. The van der Waals surface area contributed by atoms with Crippen molar-refractivity contribution in [1.29, 1.82) is 0 Å². The molecule has 2 heterocycles. The van der Waals surface area contributed by atoms with Gasteiger partial charge in [0.15, 0.2) is 5.82 Å². The van der Waals surface area contributed by atoms with E-state index < -0.39 is 5.25 Å². The Bertz CT molecular complexity index is 1310. The normalized spacial score (nSPS) is 17.2. The quantitative estimate of drug-likeness (QED) is 0.401. The third-order valence-corrected chi connectivity index (χ3v) is 7.31. The van der Waals surface area contributed by atoms with Gasteiger partial charge in [-0.05, 0) is 37.1 Å². The first-order valence-electron chi connectivity index (χ1n) is 10.6. The van der Waals surface area contributed by atoms with Crippen LogP contribution in [0.3, 0.4) is 0 Å². The molecule has 2 atom stereocenters. The summed E-state index contributed by atoms with van der Waals surface area (Å²) >= 11 is 7.66. The van der Waals surface area contributed by atoms with Gasteiger partial charge in [0.1, 0.15) is 5.25 Å². The van der Waals surface area contributed by atoms with Crippen molar-refractivity contribution in [3.63, 3.8) is 0 Å². The lowest BCUT2D eigenvalue weighted by atomic mass is 10.0. The molecule has 0 fully saturated rings. The van der Waals surface area contributed by atoms with Crippen LogP contribution in [0.5, 0.6) is 0 Å². The van der Waals surface area contributed by atoms with Gasteiger partial charge in [0.2, 0.25) is 11.1 Å². The molecule has 0 unspecified atom stereocenters. The molecule has 5 rings (SSSR count). The molecule has 0 radical (unpaired) electrons. The van der Waals surface area contributed by atoms with E-state index in [-0.39, 0.29) is 11.9 Å². The first-order valence-corrected chi connectivity index (χ1v) is 11.8. The molecule has 8 heteroatoms. The maximum absolute atomic E-state index is 13.5. The van der Waals surface area contributed by atoms with Gasteiger partial charge in [-0.15, -0.1) is 10.2 Å². The van der Waals surface area contributed by atoms with Crippen LogP contribution in [-0.2, 0) is 4.79 Å². The van der Waals surface area contributed by atoms with Gasteiger partial charge in [0.25, 0.3) is 0 Å². The predicted molar refractivity (Wildman–Crippen MR) is 133 cm³/mol. The molecule has 1 aromatic heterocycles. The number of halogens is 1. The van der Waals surface area contributed by atoms with Crippen molar-refractivity contribution in [2.75, 3.05) is 10.7 Å². The van der Waals surface area contributed by atoms with E-state index in [2.05, 4.69) is 45.2 Å². The van der Waals surface area contributed by atoms with Gasteiger partial charge in [-0.3, -0.25) is 4.79 Å². The Morgan fingerprint density at radius 1 is 1.00 bits per heavy atom. The number of thioether (sulfide) groups is 1. The molecule has 3 aromatic carbocycles. The zero-order valence-electron chi connectivity index (χ0n) is 18.1. The monoisotopic (exact) mass is 475 g/mol. The highest BCUT2D eigenvalue weighted by molar-refractivity contribution is 8.00. The van der Waals surface area contributed by atoms with Crippen molar-refractivity contribution >= 4 is 35.0 Å². The number of fused-ring (bicyclic) bond motifs is 1. The molecule has 6 nitrogen and oxygen atoms in total. The first-order chi connectivity index (χ1) is 16.0. The Morgan fingerprint density at radius 3 is 2.52 bits per heavy atom. The summed E-state index contributed by atoms with van der Waals surface area (Å²) < 4.78 is 1.87. The average molecular weight is 476 g/mol. The number of aryl methyl sites for hydroxylation is 1. The molecular weight excluding hydrogens is 454 g/mol. The number of aromatic nitrogens is 3. The molecule has 0 aliphatic carbocycles. The SMILES string of the molecule is Cc1ccc([C@H]2Nn3c(nnc3-c3ccccc3)S[C@@H]2C(=O)Nc2cccc(Cl)c2C)cc1. The Hall–Kier alpha value is -3.29. The van der Waals surface area contributed by atoms with Crippen molar-refractivity contribution in [2.24, 2.45) is 0 Å². The van der Waals surface area contributed by atoms with Crippen LogP contribution in [0.25, 0.3) is 11.4 Å². The lowest BCUT2D eigenvalue weighted by Crippen LogP contribution is -2.41. The minimum absolute atomic E-state index is 0.126. The number of carbonyl (C=O) groups excluding carboxylic acids is 1. The fourth-order valence-corrected chi connectivity index (χ4v) is 5.05. The largest absolute Gasteiger partial charge is 0.325 e.